The Bertz CT molecular complexity index is 321. The Morgan fingerprint density at radius 3 is 2.80 bits per heavy atom. The molecule has 3 atom stereocenters. The maximum atomic E-state index is 5.77. The van der Waals surface area contributed by atoms with Crippen LogP contribution in [0.3, 0.4) is 0 Å². The lowest BCUT2D eigenvalue weighted by Gasteiger charge is -2.33. The number of ether oxygens (including phenoxy) is 1. The van der Waals surface area contributed by atoms with Crippen LogP contribution in [0, 0.1) is 0 Å². The predicted octanol–water partition coefficient (Wildman–Crippen LogP) is 2.28. The lowest BCUT2D eigenvalue weighted by molar-refractivity contribution is -0.0491. The molecule has 1 N–H and O–H groups in total. The summed E-state index contributed by atoms with van der Waals surface area (Å²) in [5, 5.41) is 3.45. The fourth-order valence-corrected chi connectivity index (χ4v) is 2.04. The van der Waals surface area contributed by atoms with E-state index in [2.05, 4.69) is 26.1 Å². The van der Waals surface area contributed by atoms with Crippen molar-refractivity contribution >= 4 is 0 Å². The first-order chi connectivity index (χ1) is 7.20. The monoisotopic (exact) mass is 209 g/mol. The molecular weight excluding hydrogens is 190 g/mol. The van der Waals surface area contributed by atoms with Crippen LogP contribution < -0.4 is 5.32 Å². The van der Waals surface area contributed by atoms with Crippen molar-refractivity contribution in [2.45, 2.75) is 45.4 Å². The highest BCUT2D eigenvalue weighted by atomic mass is 16.5. The standard InChI is InChI=1S/C12H19NO2/c1-4-10-5-6-11(15-10)12-9(3)14-8(2)7-13-12/h5-6,8-9,12-13H,4,7H2,1-3H3/t8-,9+,12+/m1/s1. The van der Waals surface area contributed by atoms with E-state index in [-0.39, 0.29) is 18.2 Å². The van der Waals surface area contributed by atoms with Crippen LogP contribution in [-0.2, 0) is 11.2 Å². The molecule has 1 aliphatic rings. The summed E-state index contributed by atoms with van der Waals surface area (Å²) in [4.78, 5) is 0. The molecule has 1 saturated heterocycles. The van der Waals surface area contributed by atoms with Crippen molar-refractivity contribution < 1.29 is 9.15 Å². The van der Waals surface area contributed by atoms with E-state index in [9.17, 15) is 0 Å². The van der Waals surface area contributed by atoms with Crippen molar-refractivity contribution in [2.75, 3.05) is 6.54 Å². The predicted molar refractivity (Wildman–Crippen MR) is 58.8 cm³/mol. The first-order valence-electron chi connectivity index (χ1n) is 5.68. The summed E-state index contributed by atoms with van der Waals surface area (Å²) in [6, 6.07) is 4.29. The van der Waals surface area contributed by atoms with E-state index in [1.54, 1.807) is 0 Å². The van der Waals surface area contributed by atoms with Crippen molar-refractivity contribution in [3.05, 3.63) is 23.7 Å². The Labute approximate surface area is 90.8 Å². The van der Waals surface area contributed by atoms with E-state index >= 15 is 0 Å². The first kappa shape index (κ1) is 10.7. The third-order valence-corrected chi connectivity index (χ3v) is 2.88. The normalized spacial score (nSPS) is 31.8. The van der Waals surface area contributed by atoms with Gasteiger partial charge in [0.05, 0.1) is 18.2 Å². The van der Waals surface area contributed by atoms with Gasteiger partial charge in [-0.05, 0) is 26.0 Å². The molecule has 0 bridgehead atoms. The smallest absolute Gasteiger partial charge is 0.123 e. The van der Waals surface area contributed by atoms with Crippen molar-refractivity contribution in [3.63, 3.8) is 0 Å². The zero-order valence-corrected chi connectivity index (χ0v) is 9.62. The SMILES string of the molecule is CCc1ccc([C@H]2NC[C@@H](C)O[C@H]2C)o1. The topological polar surface area (TPSA) is 34.4 Å². The molecule has 1 aromatic rings. The van der Waals surface area contributed by atoms with Gasteiger partial charge in [0.1, 0.15) is 11.5 Å². The summed E-state index contributed by atoms with van der Waals surface area (Å²) in [7, 11) is 0. The summed E-state index contributed by atoms with van der Waals surface area (Å²) >= 11 is 0. The lowest BCUT2D eigenvalue weighted by Crippen LogP contribution is -2.44. The van der Waals surface area contributed by atoms with Gasteiger partial charge in [-0.3, -0.25) is 0 Å². The van der Waals surface area contributed by atoms with Crippen LogP contribution in [-0.4, -0.2) is 18.8 Å². The van der Waals surface area contributed by atoms with Gasteiger partial charge in [-0.15, -0.1) is 0 Å². The van der Waals surface area contributed by atoms with Crippen LogP contribution in [0.5, 0.6) is 0 Å². The first-order valence-corrected chi connectivity index (χ1v) is 5.68. The molecule has 0 radical (unpaired) electrons. The third-order valence-electron chi connectivity index (χ3n) is 2.88. The summed E-state index contributed by atoms with van der Waals surface area (Å²) in [5.41, 5.74) is 0. The molecule has 84 valence electrons. The minimum Gasteiger partial charge on any atom is -0.464 e. The second-order valence-corrected chi connectivity index (χ2v) is 4.20. The molecule has 0 spiro atoms. The molecule has 15 heavy (non-hydrogen) atoms. The minimum absolute atomic E-state index is 0.171. The molecule has 1 aromatic heterocycles. The van der Waals surface area contributed by atoms with Gasteiger partial charge in [0.2, 0.25) is 0 Å². The van der Waals surface area contributed by atoms with Crippen LogP contribution in [0.25, 0.3) is 0 Å². The molecule has 0 unspecified atom stereocenters. The molecular formula is C12H19NO2. The minimum atomic E-state index is 0.171. The zero-order valence-electron chi connectivity index (χ0n) is 9.62. The second-order valence-electron chi connectivity index (χ2n) is 4.20. The Kier molecular flexibility index (Phi) is 3.12. The molecule has 0 saturated carbocycles. The Morgan fingerprint density at radius 1 is 1.40 bits per heavy atom. The summed E-state index contributed by atoms with van der Waals surface area (Å²) in [6.45, 7) is 7.15. The van der Waals surface area contributed by atoms with Crippen molar-refractivity contribution in [1.29, 1.82) is 0 Å². The largest absolute Gasteiger partial charge is 0.464 e. The van der Waals surface area contributed by atoms with E-state index in [0.717, 1.165) is 24.5 Å². The highest BCUT2D eigenvalue weighted by Gasteiger charge is 2.28. The third kappa shape index (κ3) is 2.24. The highest BCUT2D eigenvalue weighted by molar-refractivity contribution is 5.12. The fourth-order valence-electron chi connectivity index (χ4n) is 2.04. The van der Waals surface area contributed by atoms with Crippen LogP contribution in [0.4, 0.5) is 0 Å². The molecule has 1 aliphatic heterocycles. The fraction of sp³-hybridized carbons (Fsp3) is 0.667. The van der Waals surface area contributed by atoms with E-state index in [1.807, 2.05) is 12.1 Å². The number of aryl methyl sites for hydroxylation is 1. The zero-order chi connectivity index (χ0) is 10.8. The van der Waals surface area contributed by atoms with Crippen LogP contribution >= 0.6 is 0 Å². The summed E-state index contributed by atoms with van der Waals surface area (Å²) in [6.07, 6.45) is 1.40. The van der Waals surface area contributed by atoms with E-state index in [4.69, 9.17) is 9.15 Å². The van der Waals surface area contributed by atoms with Crippen LogP contribution in [0.1, 0.15) is 38.3 Å². The van der Waals surface area contributed by atoms with Gasteiger partial charge in [-0.25, -0.2) is 0 Å². The number of furan rings is 1. The van der Waals surface area contributed by atoms with Crippen LogP contribution in [0.2, 0.25) is 0 Å². The van der Waals surface area contributed by atoms with Gasteiger partial charge in [-0.1, -0.05) is 6.92 Å². The van der Waals surface area contributed by atoms with Gasteiger partial charge in [0.15, 0.2) is 0 Å². The van der Waals surface area contributed by atoms with Gasteiger partial charge >= 0.3 is 0 Å². The molecule has 3 nitrogen and oxygen atoms in total. The maximum absolute atomic E-state index is 5.77. The van der Waals surface area contributed by atoms with Gasteiger partial charge < -0.3 is 14.5 Å². The maximum Gasteiger partial charge on any atom is 0.123 e. The van der Waals surface area contributed by atoms with Gasteiger partial charge in [0, 0.05) is 13.0 Å². The highest BCUT2D eigenvalue weighted by Crippen LogP contribution is 2.25. The molecule has 2 heterocycles. The average Bonchev–Trinajstić information content (AvgIpc) is 2.66. The van der Waals surface area contributed by atoms with Crippen molar-refractivity contribution in [2.24, 2.45) is 0 Å². The number of hydrogen-bond acceptors (Lipinski definition) is 3. The van der Waals surface area contributed by atoms with E-state index in [0.29, 0.717) is 0 Å². The molecule has 1 fully saturated rings. The second kappa shape index (κ2) is 4.37. The summed E-state index contributed by atoms with van der Waals surface area (Å²) in [5.74, 6) is 2.03. The number of hydrogen-bond donors (Lipinski definition) is 1. The Morgan fingerprint density at radius 2 is 2.20 bits per heavy atom. The number of nitrogens with one attached hydrogen (secondary N) is 1. The number of rotatable bonds is 2. The van der Waals surface area contributed by atoms with E-state index < -0.39 is 0 Å². The molecule has 0 aliphatic carbocycles. The van der Waals surface area contributed by atoms with Crippen LogP contribution in [0.15, 0.2) is 16.5 Å². The average molecular weight is 209 g/mol. The van der Waals surface area contributed by atoms with Gasteiger partial charge in [-0.2, -0.15) is 0 Å². The summed E-state index contributed by atoms with van der Waals surface area (Å²) < 4.78 is 11.5. The molecule has 3 heteroatoms. The Hall–Kier alpha value is -0.800. The molecule has 2 rings (SSSR count). The van der Waals surface area contributed by atoms with Crippen molar-refractivity contribution in [1.82, 2.24) is 5.32 Å². The number of morpholine rings is 1. The molecule has 0 aromatic carbocycles. The van der Waals surface area contributed by atoms with Gasteiger partial charge in [0.25, 0.3) is 0 Å². The quantitative estimate of drug-likeness (QED) is 0.811. The Balaban J connectivity index is 2.09. The lowest BCUT2D eigenvalue weighted by atomic mass is 10.1. The molecule has 0 amide bonds. The van der Waals surface area contributed by atoms with E-state index in [1.165, 1.54) is 0 Å². The van der Waals surface area contributed by atoms with Crippen molar-refractivity contribution in [3.8, 4) is 0 Å².